The maximum absolute atomic E-state index is 11.9. The third-order valence-corrected chi connectivity index (χ3v) is 2.43. The molecule has 8 nitrogen and oxygen atoms in total. The molecule has 0 spiro atoms. The lowest BCUT2D eigenvalue weighted by atomic mass is 10.1. The molecule has 0 radical (unpaired) electrons. The second-order valence-corrected chi connectivity index (χ2v) is 5.50. The Morgan fingerprint density at radius 3 is 2.48 bits per heavy atom. The molecule has 3 N–H and O–H groups in total. The Hall–Kier alpha value is -2.38. The third-order valence-electron chi connectivity index (χ3n) is 2.43. The van der Waals surface area contributed by atoms with Crippen LogP contribution in [0.4, 0.5) is 10.7 Å². The molecule has 0 aliphatic rings. The van der Waals surface area contributed by atoms with Crippen LogP contribution in [-0.4, -0.2) is 32.7 Å². The van der Waals surface area contributed by atoms with Crippen molar-refractivity contribution in [3.63, 3.8) is 0 Å². The number of aryl methyl sites for hydroxylation is 1. The fourth-order valence-electron chi connectivity index (χ4n) is 1.60. The van der Waals surface area contributed by atoms with E-state index in [1.54, 1.807) is 27.7 Å². The summed E-state index contributed by atoms with van der Waals surface area (Å²) in [4.78, 5) is 40.4. The van der Waals surface area contributed by atoms with Crippen LogP contribution in [0.2, 0.25) is 0 Å². The summed E-state index contributed by atoms with van der Waals surface area (Å²) < 4.78 is 5.04. The van der Waals surface area contributed by atoms with E-state index in [0.29, 0.717) is 5.69 Å². The number of aliphatic carboxylic acids is 1. The van der Waals surface area contributed by atoms with Gasteiger partial charge < -0.3 is 9.84 Å². The van der Waals surface area contributed by atoms with Crippen molar-refractivity contribution >= 4 is 18.0 Å². The van der Waals surface area contributed by atoms with Crippen LogP contribution in [0.25, 0.3) is 0 Å². The number of hydrogen-bond donors (Lipinski definition) is 3. The topological polar surface area (TPSA) is 121 Å². The van der Waals surface area contributed by atoms with Gasteiger partial charge in [-0.05, 0) is 34.1 Å². The molecule has 0 aliphatic carbocycles. The Kier molecular flexibility index (Phi) is 5.07. The molecule has 1 aromatic heterocycles. The van der Waals surface area contributed by atoms with E-state index in [0.717, 1.165) is 0 Å². The lowest BCUT2D eigenvalue weighted by molar-refractivity contribution is -0.136. The van der Waals surface area contributed by atoms with Gasteiger partial charge in [0.1, 0.15) is 5.60 Å². The van der Waals surface area contributed by atoms with Gasteiger partial charge in [-0.2, -0.15) is 0 Å². The first kappa shape index (κ1) is 16.7. The number of aromatic amines is 1. The van der Waals surface area contributed by atoms with Gasteiger partial charge in [0.15, 0.2) is 0 Å². The standard InChI is InChI=1S/C13H19N3O5/c1-7-8(5-6-9(17)18)10(19)15-11(14-7)16-12(20)21-13(2,3)4/h5-6H2,1-4H3,(H,17,18)(H2,14,15,16,19,20). The number of hydrogen-bond acceptors (Lipinski definition) is 5. The lowest BCUT2D eigenvalue weighted by Gasteiger charge is -2.19. The number of anilines is 1. The summed E-state index contributed by atoms with van der Waals surface area (Å²) in [6.45, 7) is 6.71. The average Bonchev–Trinajstić information content (AvgIpc) is 2.24. The van der Waals surface area contributed by atoms with Crippen molar-refractivity contribution in [2.75, 3.05) is 5.32 Å². The largest absolute Gasteiger partial charge is 0.481 e. The first-order valence-electron chi connectivity index (χ1n) is 6.40. The first-order valence-corrected chi connectivity index (χ1v) is 6.40. The maximum Gasteiger partial charge on any atom is 0.414 e. The molecular weight excluding hydrogens is 278 g/mol. The highest BCUT2D eigenvalue weighted by Gasteiger charge is 2.17. The minimum atomic E-state index is -0.996. The second kappa shape index (κ2) is 6.38. The van der Waals surface area contributed by atoms with Gasteiger partial charge in [0.2, 0.25) is 5.95 Å². The summed E-state index contributed by atoms with van der Waals surface area (Å²) in [5.74, 6) is -1.03. The lowest BCUT2D eigenvalue weighted by Crippen LogP contribution is -2.29. The van der Waals surface area contributed by atoms with E-state index in [-0.39, 0.29) is 24.4 Å². The number of carboxylic acid groups (broad SMARTS) is 1. The van der Waals surface area contributed by atoms with Crippen LogP contribution in [0.15, 0.2) is 4.79 Å². The molecule has 1 heterocycles. The van der Waals surface area contributed by atoms with Crippen LogP contribution in [0.1, 0.15) is 38.4 Å². The van der Waals surface area contributed by atoms with Gasteiger partial charge in [-0.3, -0.25) is 19.9 Å². The number of carboxylic acids is 1. The van der Waals surface area contributed by atoms with E-state index in [1.807, 2.05) is 0 Å². The zero-order valence-corrected chi connectivity index (χ0v) is 12.4. The van der Waals surface area contributed by atoms with Gasteiger partial charge in [-0.1, -0.05) is 0 Å². The highest BCUT2D eigenvalue weighted by molar-refractivity contribution is 5.82. The van der Waals surface area contributed by atoms with E-state index < -0.39 is 23.2 Å². The predicted octanol–water partition coefficient (Wildman–Crippen LogP) is 1.44. The summed E-state index contributed by atoms with van der Waals surface area (Å²) in [6, 6.07) is 0. The number of carbonyl (C=O) groups excluding carboxylic acids is 1. The van der Waals surface area contributed by atoms with Crippen LogP contribution in [0.3, 0.4) is 0 Å². The molecule has 0 fully saturated rings. The molecule has 0 unspecified atom stereocenters. The molecule has 116 valence electrons. The number of carbonyl (C=O) groups is 2. The minimum Gasteiger partial charge on any atom is -0.481 e. The number of nitrogens with zero attached hydrogens (tertiary/aromatic N) is 1. The molecule has 0 saturated heterocycles. The average molecular weight is 297 g/mol. The molecule has 0 aromatic carbocycles. The number of H-pyrrole nitrogens is 1. The first-order chi connectivity index (χ1) is 9.58. The van der Waals surface area contributed by atoms with Crippen LogP contribution in [-0.2, 0) is 16.0 Å². The van der Waals surface area contributed by atoms with Gasteiger partial charge in [0.05, 0.1) is 0 Å². The van der Waals surface area contributed by atoms with Gasteiger partial charge >= 0.3 is 12.1 Å². The number of aromatic nitrogens is 2. The summed E-state index contributed by atoms with van der Waals surface area (Å²) in [6.07, 6.45) is -0.816. The second-order valence-electron chi connectivity index (χ2n) is 5.50. The Labute approximate surface area is 121 Å². The van der Waals surface area contributed by atoms with Gasteiger partial charge in [0.25, 0.3) is 5.56 Å². The Balaban J connectivity index is 2.86. The fraction of sp³-hybridized carbons (Fsp3) is 0.538. The zero-order chi connectivity index (χ0) is 16.2. The van der Waals surface area contributed by atoms with Crippen molar-refractivity contribution in [2.45, 2.75) is 46.1 Å². The summed E-state index contributed by atoms with van der Waals surface area (Å²) in [5.41, 5.74) is -0.492. The van der Waals surface area contributed by atoms with Crippen LogP contribution in [0, 0.1) is 6.92 Å². The molecule has 0 bridgehead atoms. The van der Waals surface area contributed by atoms with Crippen molar-refractivity contribution in [3.8, 4) is 0 Å². The van der Waals surface area contributed by atoms with Crippen LogP contribution >= 0.6 is 0 Å². The summed E-state index contributed by atoms with van der Waals surface area (Å²) >= 11 is 0. The normalized spacial score (nSPS) is 11.0. The van der Waals surface area contributed by atoms with Crippen LogP contribution in [0.5, 0.6) is 0 Å². The minimum absolute atomic E-state index is 0.0363. The smallest absolute Gasteiger partial charge is 0.414 e. The molecule has 1 amide bonds. The summed E-state index contributed by atoms with van der Waals surface area (Å²) in [5, 5.41) is 11.0. The third kappa shape index (κ3) is 5.64. The van der Waals surface area contributed by atoms with Crippen LogP contribution < -0.4 is 10.9 Å². The number of ether oxygens (including phenoxy) is 1. The molecule has 21 heavy (non-hydrogen) atoms. The maximum atomic E-state index is 11.9. The number of rotatable bonds is 4. The van der Waals surface area contributed by atoms with E-state index in [9.17, 15) is 14.4 Å². The number of amides is 1. The fourth-order valence-corrected chi connectivity index (χ4v) is 1.60. The van der Waals surface area contributed by atoms with E-state index in [1.165, 1.54) is 0 Å². The van der Waals surface area contributed by atoms with Crippen molar-refractivity contribution in [1.29, 1.82) is 0 Å². The zero-order valence-electron chi connectivity index (χ0n) is 12.4. The molecule has 8 heteroatoms. The molecule has 0 saturated carbocycles. The highest BCUT2D eigenvalue weighted by atomic mass is 16.6. The van der Waals surface area contributed by atoms with E-state index in [2.05, 4.69) is 15.3 Å². The monoisotopic (exact) mass is 297 g/mol. The van der Waals surface area contributed by atoms with E-state index >= 15 is 0 Å². The van der Waals surface area contributed by atoms with Crippen molar-refractivity contribution in [3.05, 3.63) is 21.6 Å². The molecule has 0 aliphatic heterocycles. The van der Waals surface area contributed by atoms with Crippen molar-refractivity contribution in [1.82, 2.24) is 9.97 Å². The van der Waals surface area contributed by atoms with Gasteiger partial charge in [-0.25, -0.2) is 9.78 Å². The Morgan fingerprint density at radius 1 is 1.38 bits per heavy atom. The molecule has 0 atom stereocenters. The Morgan fingerprint density at radius 2 is 2.00 bits per heavy atom. The van der Waals surface area contributed by atoms with E-state index in [4.69, 9.17) is 9.84 Å². The highest BCUT2D eigenvalue weighted by Crippen LogP contribution is 2.09. The SMILES string of the molecule is Cc1nc(NC(=O)OC(C)(C)C)[nH]c(=O)c1CCC(=O)O. The molecule has 1 aromatic rings. The van der Waals surface area contributed by atoms with Gasteiger partial charge in [0, 0.05) is 17.7 Å². The van der Waals surface area contributed by atoms with Gasteiger partial charge in [-0.15, -0.1) is 0 Å². The van der Waals surface area contributed by atoms with Crippen molar-refractivity contribution in [2.24, 2.45) is 0 Å². The van der Waals surface area contributed by atoms with Crippen molar-refractivity contribution < 1.29 is 19.4 Å². The quantitative estimate of drug-likeness (QED) is 0.773. The molecular formula is C13H19N3O5. The predicted molar refractivity (Wildman–Crippen MR) is 75.4 cm³/mol. The molecule has 1 rings (SSSR count). The number of nitrogens with one attached hydrogen (secondary N) is 2. The Bertz CT molecular complexity index is 601. The summed E-state index contributed by atoms with van der Waals surface area (Å²) in [7, 11) is 0.